The van der Waals surface area contributed by atoms with E-state index in [9.17, 15) is 13.2 Å². The zero-order chi connectivity index (χ0) is 21.0. The first kappa shape index (κ1) is 20.0. The van der Waals surface area contributed by atoms with E-state index < -0.39 is 27.4 Å². The Labute approximate surface area is 173 Å². The van der Waals surface area contributed by atoms with E-state index in [-0.39, 0.29) is 11.4 Å². The number of carbonyl (C=O) groups is 1. The molecule has 4 rings (SSSR count). The lowest BCUT2D eigenvalue weighted by molar-refractivity contribution is -0.124. The van der Waals surface area contributed by atoms with Crippen LogP contribution in [0, 0.1) is 12.8 Å². The van der Waals surface area contributed by atoms with Crippen molar-refractivity contribution in [1.82, 2.24) is 19.1 Å². The molecule has 0 bridgehead atoms. The van der Waals surface area contributed by atoms with Crippen molar-refractivity contribution in [2.24, 2.45) is 18.7 Å². The average Bonchev–Trinajstić information content (AvgIpc) is 3.26. The van der Waals surface area contributed by atoms with E-state index in [1.165, 1.54) is 26.5 Å². The van der Waals surface area contributed by atoms with E-state index in [0.717, 1.165) is 15.8 Å². The molecule has 0 radical (unpaired) electrons. The Balaban J connectivity index is 1.86. The molecule has 1 aromatic carbocycles. The van der Waals surface area contributed by atoms with Crippen molar-refractivity contribution in [1.29, 1.82) is 0 Å². The van der Waals surface area contributed by atoms with Gasteiger partial charge in [-0.05, 0) is 44.4 Å². The number of aromatic nitrogens is 3. The Morgan fingerprint density at radius 2 is 2.14 bits per heavy atom. The number of piperidine rings is 1. The minimum absolute atomic E-state index is 0.179. The molecule has 29 heavy (non-hydrogen) atoms. The molecule has 0 aliphatic carbocycles. The van der Waals surface area contributed by atoms with E-state index >= 15 is 0 Å². The summed E-state index contributed by atoms with van der Waals surface area (Å²) >= 11 is 1.53. The van der Waals surface area contributed by atoms with Crippen molar-refractivity contribution < 1.29 is 13.2 Å². The maximum atomic E-state index is 13.6. The summed E-state index contributed by atoms with van der Waals surface area (Å²) in [6.07, 6.45) is 2.23. The number of nitrogens with two attached hydrogens (primary N) is 1. The van der Waals surface area contributed by atoms with E-state index in [1.54, 1.807) is 19.5 Å². The molecule has 2 atom stereocenters. The standard InChI is InChI=1S/C19H23N5O3S2/c1-12-17(10-23(3)22-12)29(26,27)24-7-6-13(18(20)25)9-19(24,2)14-4-5-16-15(8-14)21-11-28-16/h4-5,8,10-11,13H,6-7,9H2,1-3H3,(H2,20,25). The van der Waals surface area contributed by atoms with Crippen LogP contribution in [0.3, 0.4) is 0 Å². The molecule has 10 heteroatoms. The van der Waals surface area contributed by atoms with Crippen molar-refractivity contribution in [3.8, 4) is 0 Å². The van der Waals surface area contributed by atoms with Crippen LogP contribution in [0.5, 0.6) is 0 Å². The molecule has 8 nitrogen and oxygen atoms in total. The SMILES string of the molecule is Cc1nn(C)cc1S(=O)(=O)N1CCC(C(N)=O)CC1(C)c1ccc2scnc2c1. The summed E-state index contributed by atoms with van der Waals surface area (Å²) in [5.74, 6) is -0.798. The van der Waals surface area contributed by atoms with Gasteiger partial charge in [-0.25, -0.2) is 13.4 Å². The second-order valence-electron chi connectivity index (χ2n) is 7.73. The molecule has 1 saturated heterocycles. The molecule has 3 heterocycles. The number of carbonyl (C=O) groups excluding carboxylic acids is 1. The maximum absolute atomic E-state index is 13.6. The summed E-state index contributed by atoms with van der Waals surface area (Å²) in [5, 5.41) is 4.20. The third-order valence-corrected chi connectivity index (χ3v) is 8.70. The molecule has 2 N–H and O–H groups in total. The lowest BCUT2D eigenvalue weighted by Crippen LogP contribution is -2.54. The topological polar surface area (TPSA) is 111 Å². The average molecular weight is 434 g/mol. The molecular weight excluding hydrogens is 410 g/mol. The third kappa shape index (κ3) is 3.24. The lowest BCUT2D eigenvalue weighted by atomic mass is 9.78. The van der Waals surface area contributed by atoms with Gasteiger partial charge in [0.1, 0.15) is 4.90 Å². The Morgan fingerprint density at radius 1 is 1.38 bits per heavy atom. The minimum Gasteiger partial charge on any atom is -0.369 e. The summed E-state index contributed by atoms with van der Waals surface area (Å²) in [6, 6.07) is 5.78. The molecule has 0 spiro atoms. The molecule has 1 fully saturated rings. The van der Waals surface area contributed by atoms with Gasteiger partial charge in [0.2, 0.25) is 15.9 Å². The predicted molar refractivity (Wildman–Crippen MR) is 111 cm³/mol. The highest BCUT2D eigenvalue weighted by molar-refractivity contribution is 7.89. The quantitative estimate of drug-likeness (QED) is 0.678. The smallest absolute Gasteiger partial charge is 0.247 e. The number of hydrogen-bond donors (Lipinski definition) is 1. The van der Waals surface area contributed by atoms with E-state index in [4.69, 9.17) is 5.73 Å². The Bertz CT molecular complexity index is 1200. The summed E-state index contributed by atoms with van der Waals surface area (Å²) in [4.78, 5) is 16.5. The molecule has 1 amide bonds. The second-order valence-corrected chi connectivity index (χ2v) is 10.4. The highest BCUT2D eigenvalue weighted by Gasteiger charge is 2.48. The highest BCUT2D eigenvalue weighted by Crippen LogP contribution is 2.44. The molecule has 3 aromatic rings. The van der Waals surface area contributed by atoms with Gasteiger partial charge in [0, 0.05) is 25.7 Å². The number of amides is 1. The lowest BCUT2D eigenvalue weighted by Gasteiger charge is -2.46. The van der Waals surface area contributed by atoms with Crippen LogP contribution in [0.4, 0.5) is 0 Å². The highest BCUT2D eigenvalue weighted by atomic mass is 32.2. The van der Waals surface area contributed by atoms with E-state index in [0.29, 0.717) is 18.5 Å². The first-order chi connectivity index (χ1) is 13.6. The number of sulfonamides is 1. The predicted octanol–water partition coefficient (Wildman–Crippen LogP) is 2.14. The molecule has 2 unspecified atom stereocenters. The summed E-state index contributed by atoms with van der Waals surface area (Å²) in [7, 11) is -2.14. The minimum atomic E-state index is -3.84. The van der Waals surface area contributed by atoms with Crippen LogP contribution >= 0.6 is 11.3 Å². The fraction of sp³-hybridized carbons (Fsp3) is 0.421. The molecule has 0 saturated carbocycles. The first-order valence-corrected chi connectivity index (χ1v) is 11.6. The van der Waals surface area contributed by atoms with Gasteiger partial charge in [-0.1, -0.05) is 6.07 Å². The number of rotatable bonds is 4. The molecule has 2 aromatic heterocycles. The van der Waals surface area contributed by atoms with Crippen molar-refractivity contribution in [2.45, 2.75) is 37.1 Å². The number of hydrogen-bond acceptors (Lipinski definition) is 6. The van der Waals surface area contributed by atoms with Gasteiger partial charge >= 0.3 is 0 Å². The summed E-state index contributed by atoms with van der Waals surface area (Å²) < 4.78 is 31.3. The Kier molecular flexibility index (Phi) is 4.75. The number of thiazole rings is 1. The van der Waals surface area contributed by atoms with Crippen molar-refractivity contribution >= 4 is 37.5 Å². The van der Waals surface area contributed by atoms with Crippen LogP contribution in [0.2, 0.25) is 0 Å². The number of benzene rings is 1. The van der Waals surface area contributed by atoms with Crippen LogP contribution in [0.1, 0.15) is 31.0 Å². The largest absolute Gasteiger partial charge is 0.369 e. The Morgan fingerprint density at radius 3 is 2.79 bits per heavy atom. The number of aryl methyl sites for hydroxylation is 2. The normalized spacial score (nSPS) is 23.5. The van der Waals surface area contributed by atoms with Crippen molar-refractivity contribution in [3.05, 3.63) is 41.2 Å². The van der Waals surface area contributed by atoms with Crippen LogP contribution in [-0.2, 0) is 27.4 Å². The van der Waals surface area contributed by atoms with E-state index in [2.05, 4.69) is 10.1 Å². The zero-order valence-electron chi connectivity index (χ0n) is 16.5. The van der Waals surface area contributed by atoms with Gasteiger partial charge < -0.3 is 5.73 Å². The van der Waals surface area contributed by atoms with Crippen molar-refractivity contribution in [2.75, 3.05) is 6.54 Å². The van der Waals surface area contributed by atoms with Gasteiger partial charge in [0.05, 0.1) is 27.0 Å². The molecule has 1 aliphatic rings. The zero-order valence-corrected chi connectivity index (χ0v) is 18.1. The van der Waals surface area contributed by atoms with Gasteiger partial charge in [-0.15, -0.1) is 11.3 Å². The Hall–Kier alpha value is -2.30. The van der Waals surface area contributed by atoms with Crippen LogP contribution in [-0.4, -0.2) is 39.9 Å². The monoisotopic (exact) mass is 433 g/mol. The molecular formula is C19H23N5O3S2. The molecule has 154 valence electrons. The van der Waals surface area contributed by atoms with Crippen LogP contribution in [0.15, 0.2) is 34.8 Å². The summed E-state index contributed by atoms with van der Waals surface area (Å²) in [6.45, 7) is 3.75. The van der Waals surface area contributed by atoms with Crippen LogP contribution in [0.25, 0.3) is 10.2 Å². The van der Waals surface area contributed by atoms with Gasteiger partial charge in [-0.2, -0.15) is 9.40 Å². The van der Waals surface area contributed by atoms with Crippen LogP contribution < -0.4 is 5.73 Å². The first-order valence-electron chi connectivity index (χ1n) is 9.29. The van der Waals surface area contributed by atoms with Gasteiger partial charge in [-0.3, -0.25) is 9.48 Å². The number of fused-ring (bicyclic) bond motifs is 1. The van der Waals surface area contributed by atoms with Crippen molar-refractivity contribution in [3.63, 3.8) is 0 Å². The molecule has 1 aliphatic heterocycles. The second kappa shape index (κ2) is 6.89. The number of nitrogens with zero attached hydrogens (tertiary/aromatic N) is 4. The van der Waals surface area contributed by atoms with E-state index in [1.807, 2.05) is 25.1 Å². The number of primary amides is 1. The summed E-state index contributed by atoms with van der Waals surface area (Å²) in [5.41, 5.74) is 8.48. The fourth-order valence-corrected chi connectivity index (χ4v) is 6.89. The van der Waals surface area contributed by atoms with Gasteiger partial charge in [0.25, 0.3) is 0 Å². The third-order valence-electron chi connectivity index (χ3n) is 5.77. The fourth-order valence-electron chi connectivity index (χ4n) is 4.24. The van der Waals surface area contributed by atoms with Gasteiger partial charge in [0.15, 0.2) is 0 Å². The maximum Gasteiger partial charge on any atom is 0.247 e.